The number of rotatable bonds is 12. The first-order valence-corrected chi connectivity index (χ1v) is 13.7. The fourth-order valence-electron chi connectivity index (χ4n) is 3.04. The summed E-state index contributed by atoms with van der Waals surface area (Å²) in [5.41, 5.74) is 5.82. The molecule has 0 fully saturated rings. The monoisotopic (exact) mass is 858 g/mol. The van der Waals surface area contributed by atoms with Crippen LogP contribution in [0.25, 0.3) is 0 Å². The van der Waals surface area contributed by atoms with Crippen LogP contribution in [0.4, 0.5) is 0 Å². The van der Waals surface area contributed by atoms with Gasteiger partial charge >= 0.3 is 23.9 Å². The van der Waals surface area contributed by atoms with Crippen LogP contribution in [0.3, 0.4) is 0 Å². The molecule has 0 aromatic heterocycles. The number of hydrogen-bond donors (Lipinski definition) is 1. The van der Waals surface area contributed by atoms with Crippen LogP contribution in [0.1, 0.15) is 48.4 Å². The van der Waals surface area contributed by atoms with Gasteiger partial charge in [0.05, 0.1) is 24.2 Å². The van der Waals surface area contributed by atoms with Crippen LogP contribution in [-0.4, -0.2) is 79.1 Å². The third-order valence-corrected chi connectivity index (χ3v) is 7.16. The van der Waals surface area contributed by atoms with Gasteiger partial charge in [-0.05, 0) is 73.8 Å². The molecule has 0 heterocycles. The molecule has 0 saturated carbocycles. The lowest BCUT2D eigenvalue weighted by molar-refractivity contribution is -0.159. The van der Waals surface area contributed by atoms with E-state index in [9.17, 15) is 28.8 Å². The molecule has 1 rings (SSSR count). The Bertz CT molecular complexity index is 1040. The van der Waals surface area contributed by atoms with E-state index >= 15 is 0 Å². The van der Waals surface area contributed by atoms with Gasteiger partial charge in [0.15, 0.2) is 12.2 Å². The lowest BCUT2D eigenvalue weighted by Crippen LogP contribution is -2.47. The van der Waals surface area contributed by atoms with E-state index in [0.717, 1.165) is 13.8 Å². The zero-order valence-electron chi connectivity index (χ0n) is 20.3. The predicted octanol–water partition coefficient (Wildman–Crippen LogP) is 2.03. The van der Waals surface area contributed by atoms with Crippen molar-refractivity contribution in [1.82, 2.24) is 4.90 Å². The largest absolute Gasteiger partial charge is 0.462 e. The lowest BCUT2D eigenvalue weighted by Gasteiger charge is -2.31. The molecule has 0 saturated heterocycles. The maximum atomic E-state index is 13.9. The summed E-state index contributed by atoms with van der Waals surface area (Å²) >= 11 is 5.72. The van der Waals surface area contributed by atoms with Crippen molar-refractivity contribution in [3.63, 3.8) is 0 Å². The zero-order chi connectivity index (χ0) is 28.4. The fraction of sp³-hybridized carbons (Fsp3) is 0.455. The second-order valence-corrected chi connectivity index (χ2v) is 10.9. The number of nitrogens with two attached hydrogens (primary N) is 1. The average molecular weight is 858 g/mol. The molecular formula is C22H25I3N2O10. The van der Waals surface area contributed by atoms with Crippen LogP contribution in [-0.2, 0) is 38.1 Å². The molecular weight excluding hydrogens is 833 g/mol. The molecule has 12 nitrogen and oxygen atoms in total. The van der Waals surface area contributed by atoms with Gasteiger partial charge in [-0.25, -0.2) is 0 Å². The Morgan fingerprint density at radius 1 is 0.757 bits per heavy atom. The molecule has 204 valence electrons. The highest BCUT2D eigenvalue weighted by Gasteiger charge is 2.31. The Kier molecular flexibility index (Phi) is 14.0. The van der Waals surface area contributed by atoms with E-state index in [2.05, 4.69) is 0 Å². The quantitative estimate of drug-likeness (QED) is 0.187. The standard InChI is InChI=1S/C22H25I3N2O10/c1-10(28)34-8-14(36-12(3)30)6-27(7-15(37-13(4)31)9-35-11(2)29)22(33)19-17(24)5-16(23)18(20(19)25)21(26)32/h5,14-15H,6-9H2,1-4H3,(H2,26,32). The summed E-state index contributed by atoms with van der Waals surface area (Å²) in [6, 6.07) is 1.61. The number of amides is 2. The third kappa shape index (κ3) is 11.2. The molecule has 2 unspecified atom stereocenters. The van der Waals surface area contributed by atoms with Crippen molar-refractivity contribution in [2.45, 2.75) is 39.9 Å². The molecule has 0 bridgehead atoms. The molecule has 37 heavy (non-hydrogen) atoms. The molecule has 0 aliphatic rings. The number of carbonyl (C=O) groups excluding carboxylic acids is 6. The fourth-order valence-corrected chi connectivity index (χ4v) is 7.40. The van der Waals surface area contributed by atoms with Crippen LogP contribution in [0.5, 0.6) is 0 Å². The highest BCUT2D eigenvalue weighted by Crippen LogP contribution is 2.29. The molecule has 0 spiro atoms. The van der Waals surface area contributed by atoms with E-state index in [4.69, 9.17) is 24.7 Å². The Labute approximate surface area is 254 Å². The van der Waals surface area contributed by atoms with E-state index in [1.54, 1.807) is 6.07 Å². The van der Waals surface area contributed by atoms with E-state index in [1.807, 2.05) is 67.8 Å². The molecule has 2 atom stereocenters. The van der Waals surface area contributed by atoms with Crippen molar-refractivity contribution < 1.29 is 47.7 Å². The Balaban J connectivity index is 3.56. The summed E-state index contributed by atoms with van der Waals surface area (Å²) in [5, 5.41) is 0. The van der Waals surface area contributed by atoms with Crippen molar-refractivity contribution in [2.75, 3.05) is 26.3 Å². The summed E-state index contributed by atoms with van der Waals surface area (Å²) in [6.07, 6.45) is -2.15. The van der Waals surface area contributed by atoms with Crippen molar-refractivity contribution in [2.24, 2.45) is 5.73 Å². The SMILES string of the molecule is CC(=O)OCC(CN(CC(COC(C)=O)OC(C)=O)C(=O)c1c(I)cc(I)c(C(N)=O)c1I)OC(C)=O. The van der Waals surface area contributed by atoms with Gasteiger partial charge in [-0.15, -0.1) is 0 Å². The molecule has 0 aliphatic carbocycles. The van der Waals surface area contributed by atoms with Crippen molar-refractivity contribution in [3.8, 4) is 0 Å². The maximum absolute atomic E-state index is 13.9. The van der Waals surface area contributed by atoms with Crippen LogP contribution in [0, 0.1) is 10.7 Å². The number of halogens is 3. The number of primary amides is 1. The molecule has 15 heteroatoms. The molecule has 1 aromatic carbocycles. The Morgan fingerprint density at radius 3 is 1.51 bits per heavy atom. The third-order valence-electron chi connectivity index (χ3n) is 4.38. The van der Waals surface area contributed by atoms with E-state index in [0.29, 0.717) is 10.7 Å². The summed E-state index contributed by atoms with van der Waals surface area (Å²) < 4.78 is 21.8. The van der Waals surface area contributed by atoms with Crippen molar-refractivity contribution >= 4 is 103 Å². The van der Waals surface area contributed by atoms with Gasteiger partial charge in [0.1, 0.15) is 13.2 Å². The Hall–Kier alpha value is -1.77. The van der Waals surface area contributed by atoms with Crippen molar-refractivity contribution in [3.05, 3.63) is 27.9 Å². The maximum Gasteiger partial charge on any atom is 0.303 e. The van der Waals surface area contributed by atoms with Crippen LogP contribution in [0.2, 0.25) is 0 Å². The minimum Gasteiger partial charge on any atom is -0.462 e. The highest BCUT2D eigenvalue weighted by molar-refractivity contribution is 14.1. The summed E-state index contributed by atoms with van der Waals surface area (Å²) in [4.78, 5) is 73.2. The Morgan fingerprint density at radius 2 is 1.16 bits per heavy atom. The highest BCUT2D eigenvalue weighted by atomic mass is 127. The van der Waals surface area contributed by atoms with Gasteiger partial charge in [0.25, 0.3) is 11.8 Å². The first-order valence-electron chi connectivity index (χ1n) is 10.5. The van der Waals surface area contributed by atoms with Gasteiger partial charge in [-0.2, -0.15) is 0 Å². The van der Waals surface area contributed by atoms with Crippen molar-refractivity contribution in [1.29, 1.82) is 0 Å². The van der Waals surface area contributed by atoms with Gasteiger partial charge in [-0.3, -0.25) is 28.8 Å². The first-order chi connectivity index (χ1) is 17.1. The van der Waals surface area contributed by atoms with E-state index in [-0.39, 0.29) is 37.4 Å². The van der Waals surface area contributed by atoms with Gasteiger partial charge in [-0.1, -0.05) is 0 Å². The number of ether oxygens (including phenoxy) is 4. The second kappa shape index (κ2) is 15.6. The number of hydrogen-bond acceptors (Lipinski definition) is 10. The topological polar surface area (TPSA) is 169 Å². The van der Waals surface area contributed by atoms with Crippen LogP contribution in [0.15, 0.2) is 6.07 Å². The van der Waals surface area contributed by atoms with E-state index < -0.39 is 47.9 Å². The number of nitrogens with zero attached hydrogens (tertiary/aromatic N) is 1. The second-order valence-electron chi connectivity index (χ2n) is 7.55. The molecule has 0 aliphatic heterocycles. The average Bonchev–Trinajstić information content (AvgIpc) is 2.73. The summed E-state index contributed by atoms with van der Waals surface area (Å²) in [5.74, 6) is -3.98. The lowest BCUT2D eigenvalue weighted by atomic mass is 10.1. The van der Waals surface area contributed by atoms with Gasteiger partial charge in [0, 0.05) is 38.4 Å². The van der Waals surface area contributed by atoms with E-state index in [1.165, 1.54) is 18.7 Å². The van der Waals surface area contributed by atoms with Crippen LogP contribution >= 0.6 is 67.8 Å². The number of benzene rings is 1. The smallest absolute Gasteiger partial charge is 0.303 e. The number of esters is 4. The minimum atomic E-state index is -1.08. The normalized spacial score (nSPS) is 12.1. The molecule has 0 radical (unpaired) electrons. The summed E-state index contributed by atoms with van der Waals surface area (Å²) in [7, 11) is 0. The summed E-state index contributed by atoms with van der Waals surface area (Å²) in [6.45, 7) is 3.37. The van der Waals surface area contributed by atoms with Gasteiger partial charge in [0.2, 0.25) is 0 Å². The predicted molar refractivity (Wildman–Crippen MR) is 153 cm³/mol. The molecule has 2 amide bonds. The molecule has 2 N–H and O–H groups in total. The number of carbonyl (C=O) groups is 6. The zero-order valence-corrected chi connectivity index (χ0v) is 26.8. The minimum absolute atomic E-state index is 0.138. The van der Waals surface area contributed by atoms with Gasteiger partial charge < -0.3 is 29.6 Å². The van der Waals surface area contributed by atoms with Crippen LogP contribution < -0.4 is 5.73 Å². The first kappa shape index (κ1) is 33.3. The molecule has 1 aromatic rings.